The zero-order valence-electron chi connectivity index (χ0n) is 10.2. The summed E-state index contributed by atoms with van der Waals surface area (Å²) in [6.45, 7) is 5.47. The summed E-state index contributed by atoms with van der Waals surface area (Å²) in [5, 5.41) is 4.62. The first-order chi connectivity index (χ1) is 8.16. The number of halogens is 1. The molecule has 0 radical (unpaired) electrons. The zero-order valence-corrected chi connectivity index (χ0v) is 11.8. The maximum absolute atomic E-state index is 4.47. The molecule has 2 nitrogen and oxygen atoms in total. The van der Waals surface area contributed by atoms with Crippen LogP contribution in [0.5, 0.6) is 0 Å². The Bertz CT molecular complexity index is 509. The summed E-state index contributed by atoms with van der Waals surface area (Å²) in [4.78, 5) is 4.47. The van der Waals surface area contributed by atoms with E-state index in [1.165, 1.54) is 6.42 Å². The van der Waals surface area contributed by atoms with Gasteiger partial charge in [-0.25, -0.2) is 0 Å². The molecule has 0 bridgehead atoms. The van der Waals surface area contributed by atoms with Crippen LogP contribution in [0.15, 0.2) is 34.9 Å². The van der Waals surface area contributed by atoms with E-state index < -0.39 is 0 Å². The molecule has 1 N–H and O–H groups in total. The zero-order chi connectivity index (χ0) is 12.3. The second-order valence-electron chi connectivity index (χ2n) is 4.64. The van der Waals surface area contributed by atoms with Crippen molar-refractivity contribution >= 4 is 32.5 Å². The molecule has 17 heavy (non-hydrogen) atoms. The molecule has 1 heterocycles. The first-order valence-corrected chi connectivity index (χ1v) is 6.74. The lowest BCUT2D eigenvalue weighted by Crippen LogP contribution is -2.05. The minimum absolute atomic E-state index is 0.722. The molecule has 2 rings (SSSR count). The molecule has 0 aliphatic heterocycles. The number of nitrogens with one attached hydrogen (secondary N) is 1. The van der Waals surface area contributed by atoms with E-state index in [-0.39, 0.29) is 0 Å². The number of anilines is 1. The lowest BCUT2D eigenvalue weighted by molar-refractivity contribution is 0.607. The Labute approximate surface area is 111 Å². The van der Waals surface area contributed by atoms with Crippen LogP contribution in [0.25, 0.3) is 10.9 Å². The number of para-hydroxylation sites is 1. The average Bonchev–Trinajstić information content (AvgIpc) is 2.28. The van der Waals surface area contributed by atoms with Gasteiger partial charge in [0.15, 0.2) is 0 Å². The monoisotopic (exact) mass is 292 g/mol. The average molecular weight is 293 g/mol. The van der Waals surface area contributed by atoms with Crippen LogP contribution >= 0.6 is 15.9 Å². The molecule has 0 fully saturated rings. The van der Waals surface area contributed by atoms with Crippen LogP contribution in [0.1, 0.15) is 20.3 Å². The Morgan fingerprint density at radius 1 is 1.35 bits per heavy atom. The molecule has 0 saturated heterocycles. The van der Waals surface area contributed by atoms with Gasteiger partial charge < -0.3 is 5.32 Å². The second-order valence-corrected chi connectivity index (χ2v) is 5.56. The number of fused-ring (bicyclic) bond motifs is 1. The first-order valence-electron chi connectivity index (χ1n) is 5.95. The highest BCUT2D eigenvalue weighted by Gasteiger charge is 2.02. The molecule has 0 saturated carbocycles. The third kappa shape index (κ3) is 3.19. The molecule has 0 spiro atoms. The van der Waals surface area contributed by atoms with Gasteiger partial charge in [-0.15, -0.1) is 0 Å². The van der Waals surface area contributed by atoms with E-state index in [0.717, 1.165) is 33.5 Å². The van der Waals surface area contributed by atoms with Crippen molar-refractivity contribution in [3.05, 3.63) is 34.9 Å². The Morgan fingerprint density at radius 2 is 2.18 bits per heavy atom. The van der Waals surface area contributed by atoms with Crippen LogP contribution in [0.3, 0.4) is 0 Å². The molecule has 0 aliphatic carbocycles. The smallest absolute Gasteiger partial charge is 0.0934 e. The van der Waals surface area contributed by atoms with Crippen LogP contribution in [0.4, 0.5) is 5.69 Å². The molecule has 1 aromatic heterocycles. The van der Waals surface area contributed by atoms with Crippen molar-refractivity contribution in [3.8, 4) is 0 Å². The maximum Gasteiger partial charge on any atom is 0.0934 e. The van der Waals surface area contributed by atoms with Crippen molar-refractivity contribution in [2.45, 2.75) is 20.3 Å². The number of hydrogen-bond donors (Lipinski definition) is 1. The summed E-state index contributed by atoms with van der Waals surface area (Å²) in [5.74, 6) is 0.722. The number of aromatic nitrogens is 1. The predicted molar refractivity (Wildman–Crippen MR) is 77.4 cm³/mol. The van der Waals surface area contributed by atoms with Crippen LogP contribution in [0, 0.1) is 5.92 Å². The van der Waals surface area contributed by atoms with Gasteiger partial charge in [0, 0.05) is 22.6 Å². The molecular weight excluding hydrogens is 276 g/mol. The fourth-order valence-electron chi connectivity index (χ4n) is 1.77. The van der Waals surface area contributed by atoms with Gasteiger partial charge in [-0.2, -0.15) is 0 Å². The lowest BCUT2D eigenvalue weighted by atomic mass is 10.1. The quantitative estimate of drug-likeness (QED) is 0.900. The van der Waals surface area contributed by atoms with Crippen molar-refractivity contribution in [2.75, 3.05) is 11.9 Å². The van der Waals surface area contributed by atoms with Crippen LogP contribution in [0.2, 0.25) is 0 Å². The summed E-state index contributed by atoms with van der Waals surface area (Å²) in [5.41, 5.74) is 2.16. The van der Waals surface area contributed by atoms with Crippen molar-refractivity contribution in [1.82, 2.24) is 4.98 Å². The minimum atomic E-state index is 0.722. The third-order valence-electron chi connectivity index (χ3n) is 2.71. The molecular formula is C14H17BrN2. The van der Waals surface area contributed by atoms with Crippen LogP contribution < -0.4 is 5.32 Å². The fraction of sp³-hybridized carbons (Fsp3) is 0.357. The Kier molecular flexibility index (Phi) is 4.00. The largest absolute Gasteiger partial charge is 0.383 e. The Balaban J connectivity index is 2.22. The van der Waals surface area contributed by atoms with E-state index in [1.54, 1.807) is 0 Å². The minimum Gasteiger partial charge on any atom is -0.383 e. The van der Waals surface area contributed by atoms with Crippen molar-refractivity contribution in [2.24, 2.45) is 5.92 Å². The number of pyridine rings is 1. The van der Waals surface area contributed by atoms with Crippen molar-refractivity contribution in [3.63, 3.8) is 0 Å². The predicted octanol–water partition coefficient (Wildman–Crippen LogP) is 4.46. The van der Waals surface area contributed by atoms with Gasteiger partial charge in [-0.3, -0.25) is 4.98 Å². The molecule has 0 atom stereocenters. The standard InChI is InChI=1S/C14H17BrN2/c1-10(2)6-7-16-13-5-3-4-11-8-12(15)9-17-14(11)13/h3-5,8-10,16H,6-7H2,1-2H3. The van der Waals surface area contributed by atoms with Gasteiger partial charge in [0.05, 0.1) is 11.2 Å². The van der Waals surface area contributed by atoms with Gasteiger partial charge in [-0.1, -0.05) is 26.0 Å². The van der Waals surface area contributed by atoms with Crippen LogP contribution in [-0.2, 0) is 0 Å². The summed E-state index contributed by atoms with van der Waals surface area (Å²) in [6, 6.07) is 8.33. The third-order valence-corrected chi connectivity index (χ3v) is 3.15. The van der Waals surface area contributed by atoms with Gasteiger partial charge in [-0.05, 0) is 40.4 Å². The van der Waals surface area contributed by atoms with E-state index in [2.05, 4.69) is 64.3 Å². The second kappa shape index (κ2) is 5.50. The lowest BCUT2D eigenvalue weighted by Gasteiger charge is -2.10. The van der Waals surface area contributed by atoms with Crippen LogP contribution in [-0.4, -0.2) is 11.5 Å². The topological polar surface area (TPSA) is 24.9 Å². The summed E-state index contributed by atoms with van der Waals surface area (Å²) in [7, 11) is 0. The summed E-state index contributed by atoms with van der Waals surface area (Å²) >= 11 is 3.45. The number of hydrogen-bond acceptors (Lipinski definition) is 2. The Morgan fingerprint density at radius 3 is 2.94 bits per heavy atom. The fourth-order valence-corrected chi connectivity index (χ4v) is 2.12. The van der Waals surface area contributed by atoms with Crippen molar-refractivity contribution in [1.29, 1.82) is 0 Å². The highest BCUT2D eigenvalue weighted by molar-refractivity contribution is 9.10. The van der Waals surface area contributed by atoms with Gasteiger partial charge in [0.2, 0.25) is 0 Å². The summed E-state index contributed by atoms with van der Waals surface area (Å²) < 4.78 is 1.02. The molecule has 0 aliphatic rings. The highest BCUT2D eigenvalue weighted by atomic mass is 79.9. The first kappa shape index (κ1) is 12.4. The van der Waals surface area contributed by atoms with Gasteiger partial charge in [0.1, 0.15) is 0 Å². The maximum atomic E-state index is 4.47. The van der Waals surface area contributed by atoms with Crippen molar-refractivity contribution < 1.29 is 0 Å². The highest BCUT2D eigenvalue weighted by Crippen LogP contribution is 2.23. The number of rotatable bonds is 4. The normalized spacial score (nSPS) is 11.1. The summed E-state index contributed by atoms with van der Waals surface area (Å²) in [6.07, 6.45) is 3.02. The Hall–Kier alpha value is -1.09. The van der Waals surface area contributed by atoms with Gasteiger partial charge in [0.25, 0.3) is 0 Å². The van der Waals surface area contributed by atoms with E-state index in [4.69, 9.17) is 0 Å². The van der Waals surface area contributed by atoms with E-state index in [1.807, 2.05) is 6.20 Å². The van der Waals surface area contributed by atoms with E-state index in [9.17, 15) is 0 Å². The van der Waals surface area contributed by atoms with E-state index >= 15 is 0 Å². The van der Waals surface area contributed by atoms with E-state index in [0.29, 0.717) is 0 Å². The number of benzene rings is 1. The molecule has 1 aromatic carbocycles. The van der Waals surface area contributed by atoms with Gasteiger partial charge >= 0.3 is 0 Å². The molecule has 90 valence electrons. The molecule has 0 unspecified atom stereocenters. The molecule has 3 heteroatoms. The molecule has 2 aromatic rings. The SMILES string of the molecule is CC(C)CCNc1cccc2cc(Br)cnc12. The molecule has 0 amide bonds. The number of nitrogens with zero attached hydrogens (tertiary/aromatic N) is 1.